The van der Waals surface area contributed by atoms with Gasteiger partial charge in [0.25, 0.3) is 0 Å². The molecule has 3 rings (SSSR count). The molecule has 0 radical (unpaired) electrons. The zero-order chi connectivity index (χ0) is 14.7. The summed E-state index contributed by atoms with van der Waals surface area (Å²) < 4.78 is 0. The van der Waals surface area contributed by atoms with Crippen LogP contribution in [0, 0.1) is 5.92 Å². The third-order valence-electron chi connectivity index (χ3n) is 4.23. The van der Waals surface area contributed by atoms with E-state index < -0.39 is 0 Å². The Morgan fingerprint density at radius 3 is 3.10 bits per heavy atom. The normalized spacial score (nSPS) is 21.1. The fourth-order valence-corrected chi connectivity index (χ4v) is 3.03. The molecule has 1 aromatic carbocycles. The number of H-pyrrole nitrogens is 1. The van der Waals surface area contributed by atoms with Crippen LogP contribution in [0.15, 0.2) is 24.3 Å². The van der Waals surface area contributed by atoms with Crippen molar-refractivity contribution >= 4 is 5.69 Å². The highest BCUT2D eigenvalue weighted by Gasteiger charge is 2.22. The summed E-state index contributed by atoms with van der Waals surface area (Å²) >= 11 is 0. The van der Waals surface area contributed by atoms with Crippen LogP contribution in [0.3, 0.4) is 0 Å². The summed E-state index contributed by atoms with van der Waals surface area (Å²) in [5, 5.41) is 17.8. The summed E-state index contributed by atoms with van der Waals surface area (Å²) in [6.45, 7) is 4.65. The van der Waals surface area contributed by atoms with Gasteiger partial charge in [-0.3, -0.25) is 0 Å². The molecule has 2 aromatic rings. The molecule has 21 heavy (non-hydrogen) atoms. The molecule has 112 valence electrons. The molecule has 0 saturated carbocycles. The largest absolute Gasteiger partial charge is 0.382 e. The first-order valence-corrected chi connectivity index (χ1v) is 7.51. The van der Waals surface area contributed by atoms with Crippen molar-refractivity contribution in [3.63, 3.8) is 0 Å². The molecule has 6 heteroatoms. The first-order chi connectivity index (χ1) is 10.2. The van der Waals surface area contributed by atoms with E-state index in [0.29, 0.717) is 17.8 Å². The Balaban J connectivity index is 1.68. The number of rotatable bonds is 4. The monoisotopic (exact) mass is 286 g/mol. The summed E-state index contributed by atoms with van der Waals surface area (Å²) in [6.07, 6.45) is 2.58. The maximum atomic E-state index is 4.02. The van der Waals surface area contributed by atoms with Gasteiger partial charge in [-0.25, -0.2) is 0 Å². The minimum atomic E-state index is 0.452. The van der Waals surface area contributed by atoms with Crippen molar-refractivity contribution in [1.82, 2.24) is 25.5 Å². The van der Waals surface area contributed by atoms with Gasteiger partial charge in [0.2, 0.25) is 5.82 Å². The zero-order valence-electron chi connectivity index (χ0n) is 12.6. The lowest BCUT2D eigenvalue weighted by molar-refractivity contribution is 0.197. The molecule has 0 bridgehead atoms. The standard InChI is InChI=1S/C15H22N6/c1-11(13-6-4-8-21(2)10-13)16-14-7-3-5-12(9-14)15-17-19-20-18-15/h3,5,7,9,11,13,16H,4,6,8,10H2,1-2H3,(H,17,18,19,20). The Morgan fingerprint density at radius 1 is 1.43 bits per heavy atom. The first kappa shape index (κ1) is 14.0. The molecule has 2 atom stereocenters. The molecule has 2 unspecified atom stereocenters. The molecule has 1 aliphatic rings. The molecular formula is C15H22N6. The topological polar surface area (TPSA) is 69.7 Å². The van der Waals surface area contributed by atoms with Gasteiger partial charge in [-0.1, -0.05) is 12.1 Å². The van der Waals surface area contributed by atoms with Crippen LogP contribution >= 0.6 is 0 Å². The van der Waals surface area contributed by atoms with Crippen molar-refractivity contribution in [1.29, 1.82) is 0 Å². The second kappa shape index (κ2) is 6.22. The fourth-order valence-electron chi connectivity index (χ4n) is 3.03. The summed E-state index contributed by atoms with van der Waals surface area (Å²) in [5.41, 5.74) is 2.08. The Morgan fingerprint density at radius 2 is 2.33 bits per heavy atom. The number of nitrogens with one attached hydrogen (secondary N) is 2. The molecule has 6 nitrogen and oxygen atoms in total. The van der Waals surface area contributed by atoms with E-state index in [4.69, 9.17) is 0 Å². The molecule has 0 aliphatic carbocycles. The predicted octanol–water partition coefficient (Wildman–Crippen LogP) is 2.01. The Bertz CT molecular complexity index is 567. The maximum Gasteiger partial charge on any atom is 0.204 e. The van der Waals surface area contributed by atoms with Crippen molar-refractivity contribution in [3.05, 3.63) is 24.3 Å². The van der Waals surface area contributed by atoms with E-state index >= 15 is 0 Å². The van der Waals surface area contributed by atoms with Gasteiger partial charge in [0.15, 0.2) is 0 Å². The number of nitrogens with zero attached hydrogens (tertiary/aromatic N) is 4. The Labute approximate surface area is 124 Å². The van der Waals surface area contributed by atoms with Crippen molar-refractivity contribution < 1.29 is 0 Å². The third-order valence-corrected chi connectivity index (χ3v) is 4.23. The molecule has 1 aliphatic heterocycles. The molecule has 2 heterocycles. The van der Waals surface area contributed by atoms with Crippen molar-refractivity contribution in [2.75, 3.05) is 25.5 Å². The number of hydrogen-bond acceptors (Lipinski definition) is 5. The highest BCUT2D eigenvalue weighted by atomic mass is 15.5. The number of likely N-dealkylation sites (tertiary alicyclic amines) is 1. The van der Waals surface area contributed by atoms with Gasteiger partial charge in [0, 0.05) is 23.8 Å². The number of piperidine rings is 1. The zero-order valence-corrected chi connectivity index (χ0v) is 12.6. The average Bonchev–Trinajstić information content (AvgIpc) is 3.02. The van der Waals surface area contributed by atoms with E-state index in [1.165, 1.54) is 25.9 Å². The van der Waals surface area contributed by atoms with Gasteiger partial charge >= 0.3 is 0 Å². The summed E-state index contributed by atoms with van der Waals surface area (Å²) in [5.74, 6) is 1.32. The van der Waals surface area contributed by atoms with Gasteiger partial charge < -0.3 is 10.2 Å². The number of aromatic amines is 1. The van der Waals surface area contributed by atoms with E-state index in [2.05, 4.69) is 56.9 Å². The summed E-state index contributed by atoms with van der Waals surface area (Å²) in [4.78, 5) is 2.42. The van der Waals surface area contributed by atoms with Crippen LogP contribution in [0.2, 0.25) is 0 Å². The summed E-state index contributed by atoms with van der Waals surface area (Å²) in [6, 6.07) is 8.64. The number of anilines is 1. The number of tetrazole rings is 1. The molecule has 1 fully saturated rings. The predicted molar refractivity (Wildman–Crippen MR) is 82.9 cm³/mol. The molecular weight excluding hydrogens is 264 g/mol. The quantitative estimate of drug-likeness (QED) is 0.899. The van der Waals surface area contributed by atoms with Crippen LogP contribution in [0.1, 0.15) is 19.8 Å². The van der Waals surface area contributed by atoms with E-state index in [9.17, 15) is 0 Å². The van der Waals surface area contributed by atoms with Crippen LogP contribution in [-0.2, 0) is 0 Å². The fraction of sp³-hybridized carbons (Fsp3) is 0.533. The minimum Gasteiger partial charge on any atom is -0.382 e. The van der Waals surface area contributed by atoms with Crippen LogP contribution in [0.5, 0.6) is 0 Å². The van der Waals surface area contributed by atoms with Gasteiger partial charge in [-0.2, -0.15) is 5.21 Å². The molecule has 1 saturated heterocycles. The second-order valence-electron chi connectivity index (χ2n) is 5.91. The number of benzene rings is 1. The van der Waals surface area contributed by atoms with E-state index in [1.54, 1.807) is 0 Å². The first-order valence-electron chi connectivity index (χ1n) is 7.51. The van der Waals surface area contributed by atoms with Crippen LogP contribution in [0.25, 0.3) is 11.4 Å². The molecule has 0 amide bonds. The highest BCUT2D eigenvalue weighted by Crippen LogP contribution is 2.23. The highest BCUT2D eigenvalue weighted by molar-refractivity contribution is 5.61. The van der Waals surface area contributed by atoms with E-state index in [0.717, 1.165) is 11.3 Å². The van der Waals surface area contributed by atoms with Gasteiger partial charge in [0.1, 0.15) is 0 Å². The van der Waals surface area contributed by atoms with Gasteiger partial charge in [0.05, 0.1) is 0 Å². The molecule has 0 spiro atoms. The van der Waals surface area contributed by atoms with Crippen molar-refractivity contribution in [2.24, 2.45) is 5.92 Å². The SMILES string of the molecule is CC(Nc1cccc(-c2nn[nH]n2)c1)C1CCCN(C)C1. The lowest BCUT2D eigenvalue weighted by Gasteiger charge is -2.34. The van der Waals surface area contributed by atoms with Gasteiger partial charge in [-0.15, -0.1) is 10.2 Å². The average molecular weight is 286 g/mol. The second-order valence-corrected chi connectivity index (χ2v) is 5.91. The third kappa shape index (κ3) is 3.39. The summed E-state index contributed by atoms with van der Waals surface area (Å²) in [7, 11) is 2.20. The number of hydrogen-bond donors (Lipinski definition) is 2. The molecule has 1 aromatic heterocycles. The van der Waals surface area contributed by atoms with Gasteiger partial charge in [-0.05, 0) is 56.6 Å². The smallest absolute Gasteiger partial charge is 0.204 e. The van der Waals surface area contributed by atoms with Crippen molar-refractivity contribution in [2.45, 2.75) is 25.8 Å². The maximum absolute atomic E-state index is 4.02. The molecule has 2 N–H and O–H groups in total. The lowest BCUT2D eigenvalue weighted by atomic mass is 9.91. The van der Waals surface area contributed by atoms with E-state index in [1.807, 2.05) is 12.1 Å². The Kier molecular flexibility index (Phi) is 4.15. The van der Waals surface area contributed by atoms with Crippen LogP contribution < -0.4 is 5.32 Å². The van der Waals surface area contributed by atoms with Crippen LogP contribution in [0.4, 0.5) is 5.69 Å². The van der Waals surface area contributed by atoms with Crippen molar-refractivity contribution in [3.8, 4) is 11.4 Å². The van der Waals surface area contributed by atoms with Crippen LogP contribution in [-0.4, -0.2) is 51.7 Å². The minimum absolute atomic E-state index is 0.452. The Hall–Kier alpha value is -1.95. The van der Waals surface area contributed by atoms with E-state index in [-0.39, 0.29) is 0 Å². The lowest BCUT2D eigenvalue weighted by Crippen LogP contribution is -2.39. The number of aromatic nitrogens is 4.